The minimum Gasteiger partial charge on any atom is -0.458 e. The summed E-state index contributed by atoms with van der Waals surface area (Å²) in [5.41, 5.74) is 9.54. The minimum atomic E-state index is -1.39. The van der Waals surface area contributed by atoms with E-state index in [-0.39, 0.29) is 0 Å². The Labute approximate surface area is 158 Å². The maximum absolute atomic E-state index is 13.1. The van der Waals surface area contributed by atoms with Crippen molar-refractivity contribution in [3.8, 4) is 0 Å². The highest BCUT2D eigenvalue weighted by molar-refractivity contribution is 5.92. The summed E-state index contributed by atoms with van der Waals surface area (Å²) in [5, 5.41) is 12.4. The average Bonchev–Trinajstić information content (AvgIpc) is 3.08. The predicted molar refractivity (Wildman–Crippen MR) is 96.5 cm³/mol. The summed E-state index contributed by atoms with van der Waals surface area (Å²) in [6.45, 7) is 7.53. The zero-order chi connectivity index (χ0) is 20.6. The number of ether oxygens (including phenoxy) is 1. The van der Waals surface area contributed by atoms with Gasteiger partial charge in [0.2, 0.25) is 5.91 Å². The highest BCUT2D eigenvalue weighted by Crippen LogP contribution is 2.27. The second-order valence-electron chi connectivity index (χ2n) is 7.60. The standard InChI is InChI=1S/C17H29N5O5/c1-5-6-8-11(13(19-21-18)14(23)20-26)15(24)22-10-7-9-12(22)16(25)27-17(2,3)4/h11-13,26H,5-10H2,1-4H3,(H,20,23)/t11-,12+,13-/m1/s1. The first-order chi connectivity index (χ1) is 12.7. The van der Waals surface area contributed by atoms with Crippen molar-refractivity contribution in [1.82, 2.24) is 10.4 Å². The fraction of sp³-hybridized carbons (Fsp3) is 0.824. The van der Waals surface area contributed by atoms with Gasteiger partial charge in [0, 0.05) is 11.5 Å². The van der Waals surface area contributed by atoms with Crippen molar-refractivity contribution in [3.05, 3.63) is 10.4 Å². The Bertz CT molecular complexity index is 597. The summed E-state index contributed by atoms with van der Waals surface area (Å²) in [6.07, 6.45) is 2.79. The van der Waals surface area contributed by atoms with Gasteiger partial charge in [-0.1, -0.05) is 24.9 Å². The molecular formula is C17H29N5O5. The number of hydrogen-bond acceptors (Lipinski definition) is 6. The second-order valence-corrected chi connectivity index (χ2v) is 7.60. The SMILES string of the molecule is CCCC[C@@H](C(=O)N1CCC[C@H]1C(=O)OC(C)(C)C)[C@@H](N=[N+]=[N-])C(=O)NO. The normalized spacial score (nSPS) is 19.0. The first-order valence-electron chi connectivity index (χ1n) is 9.17. The van der Waals surface area contributed by atoms with Gasteiger partial charge in [-0.05, 0) is 45.6 Å². The van der Waals surface area contributed by atoms with Gasteiger partial charge in [-0.15, -0.1) is 0 Å². The molecule has 1 aliphatic heterocycles. The van der Waals surface area contributed by atoms with E-state index >= 15 is 0 Å². The lowest BCUT2D eigenvalue weighted by atomic mass is 9.92. The fourth-order valence-electron chi connectivity index (χ4n) is 3.14. The van der Waals surface area contributed by atoms with Crippen molar-refractivity contribution in [2.24, 2.45) is 11.0 Å². The number of azide groups is 1. The lowest BCUT2D eigenvalue weighted by Gasteiger charge is -2.31. The van der Waals surface area contributed by atoms with E-state index in [1.165, 1.54) is 10.4 Å². The van der Waals surface area contributed by atoms with E-state index in [2.05, 4.69) is 10.0 Å². The van der Waals surface area contributed by atoms with Crippen LogP contribution in [-0.2, 0) is 19.1 Å². The van der Waals surface area contributed by atoms with Gasteiger partial charge in [0.25, 0.3) is 5.91 Å². The van der Waals surface area contributed by atoms with Crippen molar-refractivity contribution < 1.29 is 24.3 Å². The van der Waals surface area contributed by atoms with E-state index < -0.39 is 41.4 Å². The van der Waals surface area contributed by atoms with Gasteiger partial charge < -0.3 is 9.64 Å². The van der Waals surface area contributed by atoms with E-state index in [0.717, 1.165) is 6.42 Å². The van der Waals surface area contributed by atoms with Crippen LogP contribution in [0.4, 0.5) is 0 Å². The largest absolute Gasteiger partial charge is 0.458 e. The quantitative estimate of drug-likeness (QED) is 0.165. The molecular weight excluding hydrogens is 354 g/mol. The van der Waals surface area contributed by atoms with Crippen molar-refractivity contribution >= 4 is 17.8 Å². The Morgan fingerprint density at radius 1 is 1.41 bits per heavy atom. The van der Waals surface area contributed by atoms with Crippen LogP contribution in [0.25, 0.3) is 10.4 Å². The van der Waals surface area contributed by atoms with Crippen LogP contribution in [0.1, 0.15) is 59.8 Å². The van der Waals surface area contributed by atoms with Crippen LogP contribution in [0.15, 0.2) is 5.11 Å². The highest BCUT2D eigenvalue weighted by Gasteiger charge is 2.42. The molecule has 0 aromatic heterocycles. The molecule has 152 valence electrons. The van der Waals surface area contributed by atoms with Crippen LogP contribution in [0.2, 0.25) is 0 Å². The molecule has 27 heavy (non-hydrogen) atoms. The molecule has 0 aliphatic carbocycles. The van der Waals surface area contributed by atoms with Crippen LogP contribution >= 0.6 is 0 Å². The van der Waals surface area contributed by atoms with E-state index in [1.807, 2.05) is 6.92 Å². The summed E-state index contributed by atoms with van der Waals surface area (Å²) in [7, 11) is 0. The van der Waals surface area contributed by atoms with Crippen molar-refractivity contribution in [1.29, 1.82) is 0 Å². The lowest BCUT2D eigenvalue weighted by molar-refractivity contribution is -0.164. The zero-order valence-corrected chi connectivity index (χ0v) is 16.3. The molecule has 0 aromatic carbocycles. The molecule has 1 aliphatic rings. The Balaban J connectivity index is 3.10. The number of likely N-dealkylation sites (tertiary alicyclic amines) is 1. The Kier molecular flexibility index (Phi) is 8.52. The monoisotopic (exact) mass is 383 g/mol. The number of esters is 1. The summed E-state index contributed by atoms with van der Waals surface area (Å²) in [5.74, 6) is -2.85. The number of nitrogens with one attached hydrogen (secondary N) is 1. The summed E-state index contributed by atoms with van der Waals surface area (Å²) >= 11 is 0. The molecule has 2 N–H and O–H groups in total. The number of carbonyl (C=O) groups is 3. The number of carbonyl (C=O) groups excluding carboxylic acids is 3. The van der Waals surface area contributed by atoms with Gasteiger partial charge in [0.15, 0.2) is 0 Å². The predicted octanol–water partition coefficient (Wildman–Crippen LogP) is 2.31. The van der Waals surface area contributed by atoms with Crippen LogP contribution in [0.3, 0.4) is 0 Å². The van der Waals surface area contributed by atoms with Gasteiger partial charge in [-0.3, -0.25) is 14.8 Å². The summed E-state index contributed by atoms with van der Waals surface area (Å²) in [6, 6.07) is -2.12. The number of hydroxylamine groups is 1. The molecule has 0 radical (unpaired) electrons. The van der Waals surface area contributed by atoms with Crippen LogP contribution in [0, 0.1) is 5.92 Å². The molecule has 1 rings (SSSR count). The lowest BCUT2D eigenvalue weighted by Crippen LogP contribution is -2.50. The Morgan fingerprint density at radius 3 is 2.59 bits per heavy atom. The van der Waals surface area contributed by atoms with E-state index in [4.69, 9.17) is 15.5 Å². The van der Waals surface area contributed by atoms with Crippen molar-refractivity contribution in [3.63, 3.8) is 0 Å². The molecule has 1 saturated heterocycles. The molecule has 1 heterocycles. The Morgan fingerprint density at radius 2 is 2.07 bits per heavy atom. The first kappa shape index (κ1) is 22.7. The number of unbranched alkanes of at least 4 members (excludes halogenated alkanes) is 1. The molecule has 0 unspecified atom stereocenters. The zero-order valence-electron chi connectivity index (χ0n) is 16.3. The summed E-state index contributed by atoms with van der Waals surface area (Å²) < 4.78 is 5.41. The molecule has 0 aromatic rings. The van der Waals surface area contributed by atoms with Gasteiger partial charge in [0.1, 0.15) is 17.7 Å². The van der Waals surface area contributed by atoms with Gasteiger partial charge in [-0.2, -0.15) is 0 Å². The first-order valence-corrected chi connectivity index (χ1v) is 9.17. The van der Waals surface area contributed by atoms with Gasteiger partial charge in [0.05, 0.1) is 5.92 Å². The molecule has 2 amide bonds. The van der Waals surface area contributed by atoms with Crippen LogP contribution in [-0.4, -0.2) is 52.1 Å². The van der Waals surface area contributed by atoms with E-state index in [9.17, 15) is 14.4 Å². The number of amides is 2. The smallest absolute Gasteiger partial charge is 0.329 e. The maximum Gasteiger partial charge on any atom is 0.329 e. The molecule has 10 nitrogen and oxygen atoms in total. The topological polar surface area (TPSA) is 145 Å². The Hall–Kier alpha value is -2.32. The van der Waals surface area contributed by atoms with Crippen LogP contribution in [0.5, 0.6) is 0 Å². The molecule has 0 saturated carbocycles. The number of rotatable bonds is 8. The third kappa shape index (κ3) is 6.41. The second kappa shape index (κ2) is 10.1. The third-order valence-corrected chi connectivity index (χ3v) is 4.34. The molecule has 1 fully saturated rings. The molecule has 0 spiro atoms. The van der Waals surface area contributed by atoms with E-state index in [1.54, 1.807) is 20.8 Å². The minimum absolute atomic E-state index is 0.296. The van der Waals surface area contributed by atoms with E-state index in [0.29, 0.717) is 32.2 Å². The molecule has 10 heteroatoms. The van der Waals surface area contributed by atoms with Gasteiger partial charge >= 0.3 is 5.97 Å². The fourth-order valence-corrected chi connectivity index (χ4v) is 3.14. The van der Waals surface area contributed by atoms with Crippen molar-refractivity contribution in [2.45, 2.75) is 77.5 Å². The number of hydrogen-bond donors (Lipinski definition) is 2. The molecule has 0 bridgehead atoms. The summed E-state index contributed by atoms with van der Waals surface area (Å²) in [4.78, 5) is 41.6. The van der Waals surface area contributed by atoms with Crippen LogP contribution < -0.4 is 5.48 Å². The van der Waals surface area contributed by atoms with Gasteiger partial charge in [-0.25, -0.2) is 10.3 Å². The maximum atomic E-state index is 13.1. The average molecular weight is 383 g/mol. The van der Waals surface area contributed by atoms with Crippen molar-refractivity contribution in [2.75, 3.05) is 6.54 Å². The number of nitrogens with zero attached hydrogens (tertiary/aromatic N) is 4. The third-order valence-electron chi connectivity index (χ3n) is 4.34. The molecule has 3 atom stereocenters. The highest BCUT2D eigenvalue weighted by atomic mass is 16.6.